The molecule has 2 aromatic carbocycles. The van der Waals surface area contributed by atoms with Gasteiger partial charge in [-0.05, 0) is 35.9 Å². The minimum atomic E-state index is 0.155. The van der Waals surface area contributed by atoms with Crippen molar-refractivity contribution in [3.05, 3.63) is 58.1 Å². The van der Waals surface area contributed by atoms with E-state index in [0.717, 1.165) is 27.1 Å². The van der Waals surface area contributed by atoms with E-state index in [-0.39, 0.29) is 5.84 Å². The van der Waals surface area contributed by atoms with E-state index in [4.69, 9.17) is 20.6 Å². The van der Waals surface area contributed by atoms with Crippen molar-refractivity contribution >= 4 is 21.8 Å². The Morgan fingerprint density at radius 3 is 2.52 bits per heavy atom. The number of halogens is 1. The zero-order valence-electron chi connectivity index (χ0n) is 11.7. The molecule has 0 fully saturated rings. The molecule has 0 heterocycles. The van der Waals surface area contributed by atoms with Gasteiger partial charge >= 0.3 is 0 Å². The lowest BCUT2D eigenvalue weighted by atomic mass is 10.1. The highest BCUT2D eigenvalue weighted by Crippen LogP contribution is 2.24. The molecule has 0 bridgehead atoms. The summed E-state index contributed by atoms with van der Waals surface area (Å²) in [6, 6.07) is 13.4. The second-order valence-corrected chi connectivity index (χ2v) is 5.51. The molecule has 4 nitrogen and oxygen atoms in total. The van der Waals surface area contributed by atoms with Crippen molar-refractivity contribution < 1.29 is 9.47 Å². The largest absolute Gasteiger partial charge is 0.496 e. The van der Waals surface area contributed by atoms with Crippen LogP contribution in [0.4, 0.5) is 0 Å². The summed E-state index contributed by atoms with van der Waals surface area (Å²) in [5.41, 5.74) is 7.34. The number of benzene rings is 2. The standard InChI is InChI=1S/C16H17BrN2O2/c1-20-15-7-4-13(17)9-12(15)10-21-14-5-2-11(3-6-14)8-16(18)19/h2-7,9H,8,10H2,1H3,(H3,18,19). The zero-order chi connectivity index (χ0) is 15.2. The summed E-state index contributed by atoms with van der Waals surface area (Å²) >= 11 is 3.44. The first-order valence-corrected chi connectivity index (χ1v) is 7.25. The second kappa shape index (κ2) is 7.13. The lowest BCUT2D eigenvalue weighted by Crippen LogP contribution is -2.12. The van der Waals surface area contributed by atoms with Crippen LogP contribution in [-0.4, -0.2) is 12.9 Å². The minimum Gasteiger partial charge on any atom is -0.496 e. The second-order valence-electron chi connectivity index (χ2n) is 4.59. The molecule has 0 saturated heterocycles. The summed E-state index contributed by atoms with van der Waals surface area (Å²) in [6.45, 7) is 0.425. The van der Waals surface area contributed by atoms with Crippen molar-refractivity contribution in [3.63, 3.8) is 0 Å². The van der Waals surface area contributed by atoms with Gasteiger partial charge in [0.2, 0.25) is 0 Å². The molecule has 0 aromatic heterocycles. The van der Waals surface area contributed by atoms with Crippen molar-refractivity contribution in [3.8, 4) is 11.5 Å². The van der Waals surface area contributed by atoms with Crippen LogP contribution < -0.4 is 15.2 Å². The molecule has 2 aromatic rings. The van der Waals surface area contributed by atoms with E-state index in [2.05, 4.69) is 15.9 Å². The molecule has 0 spiro atoms. The summed E-state index contributed by atoms with van der Waals surface area (Å²) in [6.07, 6.45) is 0.458. The van der Waals surface area contributed by atoms with E-state index in [1.807, 2.05) is 42.5 Å². The van der Waals surface area contributed by atoms with Crippen molar-refractivity contribution in [1.82, 2.24) is 0 Å². The van der Waals surface area contributed by atoms with Crippen LogP contribution in [0.2, 0.25) is 0 Å². The summed E-state index contributed by atoms with van der Waals surface area (Å²) < 4.78 is 12.1. The van der Waals surface area contributed by atoms with Gasteiger partial charge in [-0.1, -0.05) is 28.1 Å². The first-order chi connectivity index (χ1) is 10.1. The van der Waals surface area contributed by atoms with Gasteiger partial charge in [0, 0.05) is 16.5 Å². The number of methoxy groups -OCH3 is 1. The fraction of sp³-hybridized carbons (Fsp3) is 0.188. The SMILES string of the molecule is COc1ccc(Br)cc1COc1ccc(CC(=N)N)cc1. The molecule has 0 aliphatic heterocycles. The van der Waals surface area contributed by atoms with Crippen LogP contribution in [0.25, 0.3) is 0 Å². The van der Waals surface area contributed by atoms with Gasteiger partial charge in [-0.25, -0.2) is 0 Å². The maximum atomic E-state index is 7.27. The number of nitrogens with two attached hydrogens (primary N) is 1. The summed E-state index contributed by atoms with van der Waals surface area (Å²) in [4.78, 5) is 0. The number of rotatable bonds is 6. The lowest BCUT2D eigenvalue weighted by Gasteiger charge is -2.11. The van der Waals surface area contributed by atoms with Gasteiger partial charge in [0.05, 0.1) is 12.9 Å². The lowest BCUT2D eigenvalue weighted by molar-refractivity contribution is 0.296. The smallest absolute Gasteiger partial charge is 0.125 e. The highest BCUT2D eigenvalue weighted by Gasteiger charge is 2.05. The maximum absolute atomic E-state index is 7.27. The van der Waals surface area contributed by atoms with E-state index in [9.17, 15) is 0 Å². The normalized spacial score (nSPS) is 10.2. The van der Waals surface area contributed by atoms with Crippen molar-refractivity contribution in [1.29, 1.82) is 5.41 Å². The topological polar surface area (TPSA) is 68.3 Å². The molecule has 5 heteroatoms. The highest BCUT2D eigenvalue weighted by molar-refractivity contribution is 9.10. The number of ether oxygens (including phenoxy) is 2. The zero-order valence-corrected chi connectivity index (χ0v) is 13.3. The van der Waals surface area contributed by atoms with Crippen LogP contribution in [0.1, 0.15) is 11.1 Å². The Labute approximate surface area is 132 Å². The molecule has 0 aliphatic rings. The molecule has 110 valence electrons. The minimum absolute atomic E-state index is 0.155. The molecule has 21 heavy (non-hydrogen) atoms. The van der Waals surface area contributed by atoms with Gasteiger partial charge in [0.15, 0.2) is 0 Å². The van der Waals surface area contributed by atoms with E-state index >= 15 is 0 Å². The van der Waals surface area contributed by atoms with Gasteiger partial charge in [-0.2, -0.15) is 0 Å². The van der Waals surface area contributed by atoms with E-state index in [1.165, 1.54) is 0 Å². The fourth-order valence-corrected chi connectivity index (χ4v) is 2.35. The van der Waals surface area contributed by atoms with Gasteiger partial charge in [-0.3, -0.25) is 5.41 Å². The van der Waals surface area contributed by atoms with Crippen LogP contribution in [0.3, 0.4) is 0 Å². The van der Waals surface area contributed by atoms with Gasteiger partial charge in [0.25, 0.3) is 0 Å². The monoisotopic (exact) mass is 348 g/mol. The van der Waals surface area contributed by atoms with Crippen LogP contribution in [0.5, 0.6) is 11.5 Å². The molecule has 0 atom stereocenters. The third-order valence-corrected chi connectivity index (χ3v) is 3.45. The van der Waals surface area contributed by atoms with Gasteiger partial charge < -0.3 is 15.2 Å². The Morgan fingerprint density at radius 1 is 1.19 bits per heavy atom. The molecule has 2 rings (SSSR count). The predicted molar refractivity (Wildman–Crippen MR) is 87.1 cm³/mol. The first-order valence-electron chi connectivity index (χ1n) is 6.45. The van der Waals surface area contributed by atoms with Crippen molar-refractivity contribution in [2.45, 2.75) is 13.0 Å². The van der Waals surface area contributed by atoms with E-state index < -0.39 is 0 Å². The summed E-state index contributed by atoms with van der Waals surface area (Å²) in [5.74, 6) is 1.72. The average molecular weight is 349 g/mol. The predicted octanol–water partition coefficient (Wildman–Crippen LogP) is 3.52. The summed E-state index contributed by atoms with van der Waals surface area (Å²) in [5, 5.41) is 7.27. The molecule has 0 saturated carbocycles. The Morgan fingerprint density at radius 2 is 1.90 bits per heavy atom. The third-order valence-electron chi connectivity index (χ3n) is 2.95. The third kappa shape index (κ3) is 4.49. The molecular weight excluding hydrogens is 332 g/mol. The van der Waals surface area contributed by atoms with Gasteiger partial charge in [-0.15, -0.1) is 0 Å². The number of hydrogen-bond acceptors (Lipinski definition) is 3. The Balaban J connectivity index is 2.03. The average Bonchev–Trinajstić information content (AvgIpc) is 2.46. The van der Waals surface area contributed by atoms with Crippen LogP contribution in [0.15, 0.2) is 46.9 Å². The number of amidine groups is 1. The molecule has 0 unspecified atom stereocenters. The van der Waals surface area contributed by atoms with Crippen LogP contribution in [0, 0.1) is 5.41 Å². The molecule has 3 N–H and O–H groups in total. The Hall–Kier alpha value is -2.01. The molecule has 0 radical (unpaired) electrons. The highest BCUT2D eigenvalue weighted by atomic mass is 79.9. The van der Waals surface area contributed by atoms with Crippen molar-refractivity contribution in [2.24, 2.45) is 5.73 Å². The fourth-order valence-electron chi connectivity index (χ4n) is 1.94. The molecule has 0 aliphatic carbocycles. The summed E-state index contributed by atoms with van der Waals surface area (Å²) in [7, 11) is 1.64. The van der Waals surface area contributed by atoms with Crippen LogP contribution >= 0.6 is 15.9 Å². The quantitative estimate of drug-likeness (QED) is 0.619. The maximum Gasteiger partial charge on any atom is 0.125 e. The van der Waals surface area contributed by atoms with E-state index in [0.29, 0.717) is 13.0 Å². The van der Waals surface area contributed by atoms with Crippen molar-refractivity contribution in [2.75, 3.05) is 7.11 Å². The Bertz CT molecular complexity index is 627. The van der Waals surface area contributed by atoms with Crippen LogP contribution in [-0.2, 0) is 13.0 Å². The molecule has 0 amide bonds. The van der Waals surface area contributed by atoms with Gasteiger partial charge in [0.1, 0.15) is 18.1 Å². The number of nitrogens with one attached hydrogen (secondary N) is 1. The first kappa shape index (κ1) is 15.4. The molecular formula is C16H17BrN2O2. The Kier molecular flexibility index (Phi) is 5.22. The van der Waals surface area contributed by atoms with E-state index in [1.54, 1.807) is 7.11 Å². The number of hydrogen-bond donors (Lipinski definition) is 2.